The molecule has 0 aliphatic carbocycles. The SMILES string of the molecule is C=CCN(CC=C)C(=O)/C=C\Br. The second-order valence-corrected chi connectivity index (χ2v) is 2.64. The van der Waals surface area contributed by atoms with Crippen LogP contribution in [0.25, 0.3) is 0 Å². The number of halogens is 1. The van der Waals surface area contributed by atoms with Crippen LogP contribution in [0.5, 0.6) is 0 Å². The molecule has 0 saturated heterocycles. The van der Waals surface area contributed by atoms with E-state index in [1.165, 1.54) is 11.1 Å². The Morgan fingerprint density at radius 1 is 1.33 bits per heavy atom. The van der Waals surface area contributed by atoms with Crippen molar-refractivity contribution >= 4 is 21.8 Å². The first-order valence-electron chi connectivity index (χ1n) is 3.53. The van der Waals surface area contributed by atoms with E-state index in [0.29, 0.717) is 13.1 Å². The molecule has 0 aromatic carbocycles. The standard InChI is InChI=1S/C9H12BrNO/c1-3-7-11(8-4-2)9(12)5-6-10/h3-6H,1-2,7-8H2/b6-5-. The lowest BCUT2D eigenvalue weighted by Gasteiger charge is -2.16. The Morgan fingerprint density at radius 2 is 1.83 bits per heavy atom. The average Bonchev–Trinajstić information content (AvgIpc) is 2.04. The zero-order valence-electron chi connectivity index (χ0n) is 6.87. The molecule has 0 rings (SSSR count). The number of carbonyl (C=O) groups excluding carboxylic acids is 1. The van der Waals surface area contributed by atoms with Crippen LogP contribution in [0.2, 0.25) is 0 Å². The number of rotatable bonds is 5. The molecule has 2 nitrogen and oxygen atoms in total. The Hall–Kier alpha value is -0.830. The van der Waals surface area contributed by atoms with E-state index in [1.54, 1.807) is 17.1 Å². The van der Waals surface area contributed by atoms with Crippen molar-refractivity contribution in [2.45, 2.75) is 0 Å². The molecular formula is C9H12BrNO. The van der Waals surface area contributed by atoms with Gasteiger partial charge in [-0.2, -0.15) is 0 Å². The molecule has 0 bridgehead atoms. The van der Waals surface area contributed by atoms with Crippen molar-refractivity contribution < 1.29 is 4.79 Å². The average molecular weight is 230 g/mol. The van der Waals surface area contributed by atoms with E-state index in [0.717, 1.165) is 0 Å². The van der Waals surface area contributed by atoms with Gasteiger partial charge in [-0.3, -0.25) is 4.79 Å². The summed E-state index contributed by atoms with van der Waals surface area (Å²) in [5, 5.41) is 0. The third kappa shape index (κ3) is 4.13. The van der Waals surface area contributed by atoms with Crippen molar-refractivity contribution in [3.05, 3.63) is 36.4 Å². The van der Waals surface area contributed by atoms with Crippen LogP contribution in [0.15, 0.2) is 36.4 Å². The molecule has 66 valence electrons. The van der Waals surface area contributed by atoms with Crippen molar-refractivity contribution in [3.63, 3.8) is 0 Å². The highest BCUT2D eigenvalue weighted by Crippen LogP contribution is 1.94. The molecule has 1 amide bonds. The third-order valence-electron chi connectivity index (χ3n) is 1.22. The summed E-state index contributed by atoms with van der Waals surface area (Å²) >= 11 is 3.04. The minimum atomic E-state index is -0.0494. The van der Waals surface area contributed by atoms with E-state index in [4.69, 9.17) is 0 Å². The van der Waals surface area contributed by atoms with Gasteiger partial charge >= 0.3 is 0 Å². The monoisotopic (exact) mass is 229 g/mol. The maximum Gasteiger partial charge on any atom is 0.247 e. The summed E-state index contributed by atoms with van der Waals surface area (Å²) < 4.78 is 0. The smallest absolute Gasteiger partial charge is 0.247 e. The van der Waals surface area contributed by atoms with Crippen LogP contribution >= 0.6 is 15.9 Å². The number of carbonyl (C=O) groups is 1. The van der Waals surface area contributed by atoms with Crippen molar-refractivity contribution in [2.24, 2.45) is 0 Å². The summed E-state index contributed by atoms with van der Waals surface area (Å²) in [6.45, 7) is 8.21. The highest BCUT2D eigenvalue weighted by Gasteiger charge is 2.04. The molecule has 0 fully saturated rings. The predicted octanol–water partition coefficient (Wildman–Crippen LogP) is 2.10. The van der Waals surface area contributed by atoms with E-state index < -0.39 is 0 Å². The molecule has 0 unspecified atom stereocenters. The Kier molecular flexibility index (Phi) is 6.38. The van der Waals surface area contributed by atoms with Crippen LogP contribution in [0, 0.1) is 0 Å². The minimum Gasteiger partial charge on any atom is -0.332 e. The van der Waals surface area contributed by atoms with Crippen molar-refractivity contribution in [3.8, 4) is 0 Å². The van der Waals surface area contributed by atoms with Crippen LogP contribution in [0.1, 0.15) is 0 Å². The molecule has 0 heterocycles. The topological polar surface area (TPSA) is 20.3 Å². The molecule has 12 heavy (non-hydrogen) atoms. The summed E-state index contributed by atoms with van der Waals surface area (Å²) in [4.78, 5) is 14.4. The van der Waals surface area contributed by atoms with Crippen LogP contribution < -0.4 is 0 Å². The zero-order chi connectivity index (χ0) is 9.40. The molecular weight excluding hydrogens is 218 g/mol. The maximum atomic E-state index is 11.2. The normalized spacial score (nSPS) is 9.75. The van der Waals surface area contributed by atoms with Crippen molar-refractivity contribution in [1.82, 2.24) is 4.90 Å². The number of hydrogen-bond acceptors (Lipinski definition) is 1. The second kappa shape index (κ2) is 6.85. The molecule has 0 atom stereocenters. The first-order chi connectivity index (χ1) is 5.76. The van der Waals surface area contributed by atoms with E-state index >= 15 is 0 Å². The number of nitrogens with zero attached hydrogens (tertiary/aromatic N) is 1. The number of hydrogen-bond donors (Lipinski definition) is 0. The maximum absolute atomic E-state index is 11.2. The van der Waals surface area contributed by atoms with Crippen LogP contribution in [0.3, 0.4) is 0 Å². The molecule has 0 aliphatic heterocycles. The molecule has 0 N–H and O–H groups in total. The van der Waals surface area contributed by atoms with Crippen molar-refractivity contribution in [2.75, 3.05) is 13.1 Å². The van der Waals surface area contributed by atoms with Crippen LogP contribution in [0.4, 0.5) is 0 Å². The van der Waals surface area contributed by atoms with Gasteiger partial charge in [0, 0.05) is 19.2 Å². The first-order valence-corrected chi connectivity index (χ1v) is 4.45. The highest BCUT2D eigenvalue weighted by molar-refractivity contribution is 9.11. The Bertz CT molecular complexity index is 189. The van der Waals surface area contributed by atoms with Gasteiger partial charge in [0.25, 0.3) is 0 Å². The van der Waals surface area contributed by atoms with Gasteiger partial charge in [0.1, 0.15) is 0 Å². The fourth-order valence-electron chi connectivity index (χ4n) is 0.725. The van der Waals surface area contributed by atoms with E-state index in [9.17, 15) is 4.79 Å². The Morgan fingerprint density at radius 3 is 2.17 bits per heavy atom. The largest absolute Gasteiger partial charge is 0.332 e. The van der Waals surface area contributed by atoms with Gasteiger partial charge in [-0.1, -0.05) is 28.1 Å². The lowest BCUT2D eigenvalue weighted by Crippen LogP contribution is -2.29. The van der Waals surface area contributed by atoms with E-state index in [2.05, 4.69) is 29.1 Å². The predicted molar refractivity (Wildman–Crippen MR) is 55.0 cm³/mol. The van der Waals surface area contributed by atoms with Gasteiger partial charge in [0.05, 0.1) is 0 Å². The first kappa shape index (κ1) is 11.2. The molecule has 0 radical (unpaired) electrons. The van der Waals surface area contributed by atoms with Gasteiger partial charge in [-0.25, -0.2) is 0 Å². The molecule has 0 aromatic heterocycles. The lowest BCUT2D eigenvalue weighted by atomic mass is 10.4. The quantitative estimate of drug-likeness (QED) is 0.523. The second-order valence-electron chi connectivity index (χ2n) is 2.11. The van der Waals surface area contributed by atoms with Crippen LogP contribution in [-0.4, -0.2) is 23.9 Å². The summed E-state index contributed by atoms with van der Waals surface area (Å²) in [6, 6.07) is 0. The minimum absolute atomic E-state index is 0.0494. The van der Waals surface area contributed by atoms with Gasteiger partial charge in [0.2, 0.25) is 5.91 Å². The number of amides is 1. The molecule has 0 spiro atoms. The summed E-state index contributed by atoms with van der Waals surface area (Å²) in [5.74, 6) is -0.0494. The van der Waals surface area contributed by atoms with Gasteiger partial charge in [0.15, 0.2) is 0 Å². The Labute approximate surface area is 81.4 Å². The van der Waals surface area contributed by atoms with Crippen LogP contribution in [-0.2, 0) is 4.79 Å². The zero-order valence-corrected chi connectivity index (χ0v) is 8.46. The highest BCUT2D eigenvalue weighted by atomic mass is 79.9. The fraction of sp³-hybridized carbons (Fsp3) is 0.222. The molecule has 3 heteroatoms. The van der Waals surface area contributed by atoms with Gasteiger partial charge in [-0.05, 0) is 4.99 Å². The molecule has 0 aliphatic rings. The Balaban J connectivity index is 4.16. The van der Waals surface area contributed by atoms with Gasteiger partial charge < -0.3 is 4.90 Å². The fourth-order valence-corrected chi connectivity index (χ4v) is 0.952. The van der Waals surface area contributed by atoms with E-state index in [1.807, 2.05) is 0 Å². The van der Waals surface area contributed by atoms with E-state index in [-0.39, 0.29) is 5.91 Å². The molecule has 0 aromatic rings. The third-order valence-corrected chi connectivity index (χ3v) is 1.48. The summed E-state index contributed by atoms with van der Waals surface area (Å²) in [6.07, 6.45) is 4.82. The summed E-state index contributed by atoms with van der Waals surface area (Å²) in [5.41, 5.74) is 0. The van der Waals surface area contributed by atoms with Crippen molar-refractivity contribution in [1.29, 1.82) is 0 Å². The lowest BCUT2D eigenvalue weighted by molar-refractivity contribution is -0.125. The van der Waals surface area contributed by atoms with Gasteiger partial charge in [-0.15, -0.1) is 13.2 Å². The summed E-state index contributed by atoms with van der Waals surface area (Å²) in [7, 11) is 0. The molecule has 0 saturated carbocycles.